The molecule has 0 aromatic rings. The van der Waals surface area contributed by atoms with Gasteiger partial charge in [-0.25, -0.2) is 4.79 Å². The molecule has 1 atom stereocenters. The number of carbonyl (C=O) groups is 2. The number of rotatable bonds is 6. The van der Waals surface area contributed by atoms with Gasteiger partial charge in [0.25, 0.3) is 0 Å². The number of amides is 2. The Labute approximate surface area is 107 Å². The maximum atomic E-state index is 11.8. The Morgan fingerprint density at radius 1 is 1.50 bits per heavy atom. The van der Waals surface area contributed by atoms with Gasteiger partial charge in [-0.2, -0.15) is 0 Å². The van der Waals surface area contributed by atoms with Crippen molar-refractivity contribution < 1.29 is 19.4 Å². The van der Waals surface area contributed by atoms with Crippen molar-refractivity contribution in [3.05, 3.63) is 0 Å². The highest BCUT2D eigenvalue weighted by atomic mass is 16.5. The number of ether oxygens (including phenoxy) is 1. The molecule has 0 bridgehead atoms. The van der Waals surface area contributed by atoms with Gasteiger partial charge in [0.15, 0.2) is 0 Å². The largest absolute Gasteiger partial charge is 0.481 e. The van der Waals surface area contributed by atoms with E-state index < -0.39 is 11.9 Å². The third-order valence-corrected chi connectivity index (χ3v) is 3.00. The van der Waals surface area contributed by atoms with Gasteiger partial charge in [0.05, 0.1) is 5.92 Å². The zero-order chi connectivity index (χ0) is 13.4. The third-order valence-electron chi connectivity index (χ3n) is 3.00. The fourth-order valence-corrected chi connectivity index (χ4v) is 1.99. The van der Waals surface area contributed by atoms with E-state index in [-0.39, 0.29) is 6.03 Å². The van der Waals surface area contributed by atoms with Gasteiger partial charge in [-0.1, -0.05) is 0 Å². The molecule has 18 heavy (non-hydrogen) atoms. The number of urea groups is 1. The van der Waals surface area contributed by atoms with Crippen molar-refractivity contribution in [3.63, 3.8) is 0 Å². The number of carboxylic acid groups (broad SMARTS) is 1. The van der Waals surface area contributed by atoms with Crippen LogP contribution in [-0.4, -0.2) is 54.9 Å². The predicted octanol–water partition coefficient (Wildman–Crippen LogP) is 0.919. The monoisotopic (exact) mass is 258 g/mol. The SMILES string of the molecule is CCOCCCNC(=O)N1CCC[C@@H](C(=O)O)C1. The first-order valence-corrected chi connectivity index (χ1v) is 6.48. The summed E-state index contributed by atoms with van der Waals surface area (Å²) in [5.74, 6) is -1.24. The average Bonchev–Trinajstić information content (AvgIpc) is 2.38. The molecule has 2 amide bonds. The lowest BCUT2D eigenvalue weighted by Gasteiger charge is -2.30. The summed E-state index contributed by atoms with van der Waals surface area (Å²) in [6.45, 7) is 4.76. The van der Waals surface area contributed by atoms with Gasteiger partial charge in [0.2, 0.25) is 0 Å². The molecule has 1 aliphatic rings. The molecule has 2 N–H and O–H groups in total. The Hall–Kier alpha value is -1.30. The van der Waals surface area contributed by atoms with E-state index in [9.17, 15) is 9.59 Å². The van der Waals surface area contributed by atoms with E-state index in [1.54, 1.807) is 4.90 Å². The molecule has 1 aliphatic heterocycles. The Morgan fingerprint density at radius 2 is 2.28 bits per heavy atom. The van der Waals surface area contributed by atoms with Crippen LogP contribution < -0.4 is 5.32 Å². The molecule has 0 spiro atoms. The summed E-state index contributed by atoms with van der Waals surface area (Å²) in [6.07, 6.45) is 2.18. The van der Waals surface area contributed by atoms with Gasteiger partial charge in [-0.15, -0.1) is 0 Å². The molecule has 0 aliphatic carbocycles. The number of carboxylic acids is 1. The number of aliphatic carboxylic acids is 1. The normalized spacial score (nSPS) is 19.6. The molecule has 1 heterocycles. The molecule has 0 aromatic carbocycles. The standard InChI is InChI=1S/C12H22N2O4/c1-2-18-8-4-6-13-12(17)14-7-3-5-10(9-14)11(15)16/h10H,2-9H2,1H3,(H,13,17)(H,15,16)/t10-/m1/s1. The smallest absolute Gasteiger partial charge is 0.317 e. The molecule has 1 fully saturated rings. The van der Waals surface area contributed by atoms with Gasteiger partial charge in [0, 0.05) is 32.8 Å². The van der Waals surface area contributed by atoms with Crippen molar-refractivity contribution in [1.29, 1.82) is 0 Å². The maximum Gasteiger partial charge on any atom is 0.317 e. The number of hydrogen-bond donors (Lipinski definition) is 2. The van der Waals surface area contributed by atoms with Gasteiger partial charge in [-0.3, -0.25) is 4.79 Å². The van der Waals surface area contributed by atoms with Crippen molar-refractivity contribution in [2.45, 2.75) is 26.2 Å². The summed E-state index contributed by atoms with van der Waals surface area (Å²) < 4.78 is 5.17. The molecule has 0 radical (unpaired) electrons. The lowest BCUT2D eigenvalue weighted by atomic mass is 9.99. The molecule has 1 saturated heterocycles. The molecular formula is C12H22N2O4. The van der Waals surface area contributed by atoms with Crippen LogP contribution in [0.2, 0.25) is 0 Å². The Kier molecular flexibility index (Phi) is 6.49. The summed E-state index contributed by atoms with van der Waals surface area (Å²) in [7, 11) is 0. The summed E-state index contributed by atoms with van der Waals surface area (Å²) in [5.41, 5.74) is 0. The second-order valence-electron chi connectivity index (χ2n) is 4.41. The Balaban J connectivity index is 2.22. The van der Waals surface area contributed by atoms with Crippen LogP contribution in [0.15, 0.2) is 0 Å². The first kappa shape index (κ1) is 14.8. The van der Waals surface area contributed by atoms with Crippen LogP contribution in [0.5, 0.6) is 0 Å². The number of nitrogens with one attached hydrogen (secondary N) is 1. The second-order valence-corrected chi connectivity index (χ2v) is 4.41. The zero-order valence-electron chi connectivity index (χ0n) is 10.9. The lowest BCUT2D eigenvalue weighted by Crippen LogP contribution is -2.47. The van der Waals surface area contributed by atoms with Crippen LogP contribution in [0, 0.1) is 5.92 Å². The van der Waals surface area contributed by atoms with Crippen LogP contribution >= 0.6 is 0 Å². The molecule has 0 aromatic heterocycles. The first-order valence-electron chi connectivity index (χ1n) is 6.48. The number of hydrogen-bond acceptors (Lipinski definition) is 3. The van der Waals surface area contributed by atoms with E-state index in [4.69, 9.17) is 9.84 Å². The fourth-order valence-electron chi connectivity index (χ4n) is 1.99. The predicted molar refractivity (Wildman–Crippen MR) is 66.4 cm³/mol. The summed E-state index contributed by atoms with van der Waals surface area (Å²) in [5, 5.41) is 11.7. The van der Waals surface area contributed by atoms with Crippen molar-refractivity contribution in [2.75, 3.05) is 32.8 Å². The van der Waals surface area contributed by atoms with Crippen LogP contribution in [0.3, 0.4) is 0 Å². The van der Waals surface area contributed by atoms with Crippen molar-refractivity contribution in [1.82, 2.24) is 10.2 Å². The van der Waals surface area contributed by atoms with Gasteiger partial charge < -0.3 is 20.1 Å². The molecule has 0 unspecified atom stereocenters. The van der Waals surface area contributed by atoms with E-state index in [1.807, 2.05) is 6.92 Å². The van der Waals surface area contributed by atoms with Crippen molar-refractivity contribution in [3.8, 4) is 0 Å². The average molecular weight is 258 g/mol. The molecule has 6 nitrogen and oxygen atoms in total. The Morgan fingerprint density at radius 3 is 2.94 bits per heavy atom. The summed E-state index contributed by atoms with van der Waals surface area (Å²) in [6, 6.07) is -0.169. The lowest BCUT2D eigenvalue weighted by molar-refractivity contribution is -0.143. The Bertz CT molecular complexity index is 283. The van der Waals surface area contributed by atoms with Crippen molar-refractivity contribution in [2.24, 2.45) is 5.92 Å². The van der Waals surface area contributed by atoms with Crippen LogP contribution in [0.1, 0.15) is 26.2 Å². The van der Waals surface area contributed by atoms with Gasteiger partial charge >= 0.3 is 12.0 Å². The minimum absolute atomic E-state index is 0.169. The summed E-state index contributed by atoms with van der Waals surface area (Å²) in [4.78, 5) is 24.2. The maximum absolute atomic E-state index is 11.8. The van der Waals surface area contributed by atoms with E-state index in [0.29, 0.717) is 39.3 Å². The molecular weight excluding hydrogens is 236 g/mol. The second kappa shape index (κ2) is 7.92. The fraction of sp³-hybridized carbons (Fsp3) is 0.833. The van der Waals surface area contributed by atoms with Crippen molar-refractivity contribution >= 4 is 12.0 Å². The molecule has 0 saturated carbocycles. The third kappa shape index (κ3) is 4.91. The molecule has 6 heteroatoms. The van der Waals surface area contributed by atoms with Crippen LogP contribution in [0.4, 0.5) is 4.79 Å². The highest BCUT2D eigenvalue weighted by Gasteiger charge is 2.27. The zero-order valence-corrected chi connectivity index (χ0v) is 10.9. The minimum atomic E-state index is -0.816. The van der Waals surface area contributed by atoms with Crippen LogP contribution in [0.25, 0.3) is 0 Å². The minimum Gasteiger partial charge on any atom is -0.481 e. The number of nitrogens with zero attached hydrogens (tertiary/aromatic N) is 1. The van der Waals surface area contributed by atoms with E-state index in [2.05, 4.69) is 5.32 Å². The van der Waals surface area contributed by atoms with E-state index in [0.717, 1.165) is 12.8 Å². The van der Waals surface area contributed by atoms with Crippen LogP contribution in [-0.2, 0) is 9.53 Å². The van der Waals surface area contributed by atoms with Gasteiger partial charge in [-0.05, 0) is 26.2 Å². The summed E-state index contributed by atoms with van der Waals surface area (Å²) >= 11 is 0. The number of likely N-dealkylation sites (tertiary alicyclic amines) is 1. The van der Waals surface area contributed by atoms with E-state index >= 15 is 0 Å². The highest BCUT2D eigenvalue weighted by Crippen LogP contribution is 2.16. The van der Waals surface area contributed by atoms with E-state index in [1.165, 1.54) is 0 Å². The highest BCUT2D eigenvalue weighted by molar-refractivity contribution is 5.76. The molecule has 104 valence electrons. The first-order chi connectivity index (χ1) is 8.65. The molecule has 1 rings (SSSR count). The van der Waals surface area contributed by atoms with Gasteiger partial charge in [0.1, 0.15) is 0 Å². The quantitative estimate of drug-likeness (QED) is 0.694. The number of carbonyl (C=O) groups excluding carboxylic acids is 1. The topological polar surface area (TPSA) is 78.9 Å². The number of piperidine rings is 1.